The van der Waals surface area contributed by atoms with Crippen LogP contribution >= 0.6 is 0 Å². The van der Waals surface area contributed by atoms with Gasteiger partial charge >= 0.3 is 0 Å². The zero-order valence-electron chi connectivity index (χ0n) is 31.6. The third kappa shape index (κ3) is 7.70. The molecule has 2 heterocycles. The molecule has 1 aromatic heterocycles. The molecule has 5 heteroatoms. The molecule has 4 aromatic carbocycles. The number of fused-ring (bicyclic) bond motifs is 5. The Morgan fingerprint density at radius 1 is 0.900 bits per heavy atom. The van der Waals surface area contributed by atoms with Crippen LogP contribution in [0.3, 0.4) is 0 Å². The number of rotatable bonds is 9. The summed E-state index contributed by atoms with van der Waals surface area (Å²) < 4.78 is 6.77. The monoisotopic (exact) mass is 849 g/mol. The number of allylic oxidation sites excluding steroid dienone is 2. The first-order valence-electron chi connectivity index (χ1n) is 18.2. The fourth-order valence-electron chi connectivity index (χ4n) is 7.11. The molecule has 0 saturated heterocycles. The van der Waals surface area contributed by atoms with Crippen molar-refractivity contribution in [3.8, 4) is 22.8 Å². The van der Waals surface area contributed by atoms with Gasteiger partial charge in [-0.05, 0) is 77.3 Å². The van der Waals surface area contributed by atoms with Crippen LogP contribution in [-0.2, 0) is 31.3 Å². The first-order chi connectivity index (χ1) is 23.3. The van der Waals surface area contributed by atoms with Gasteiger partial charge in [0.15, 0.2) is 5.78 Å². The van der Waals surface area contributed by atoms with Crippen LogP contribution in [0.15, 0.2) is 72.6 Å². The van der Waals surface area contributed by atoms with Gasteiger partial charge in [-0.2, -0.15) is 0 Å². The summed E-state index contributed by atoms with van der Waals surface area (Å²) in [7, 11) is 0. The summed E-state index contributed by atoms with van der Waals surface area (Å²) in [5.74, 6) is 2.49. The van der Waals surface area contributed by atoms with Gasteiger partial charge in [0, 0.05) is 54.8 Å². The number of hydrogen-bond acceptors (Lipinski definition) is 4. The van der Waals surface area contributed by atoms with E-state index in [0.717, 1.165) is 65.6 Å². The van der Waals surface area contributed by atoms with Gasteiger partial charge in [-0.25, -0.2) is 0 Å². The quantitative estimate of drug-likeness (QED) is 0.0681. The summed E-state index contributed by atoms with van der Waals surface area (Å²) >= 11 is 0. The van der Waals surface area contributed by atoms with E-state index in [1.165, 1.54) is 38.7 Å². The van der Waals surface area contributed by atoms with Crippen molar-refractivity contribution in [2.45, 2.75) is 107 Å². The molecule has 50 heavy (non-hydrogen) atoms. The van der Waals surface area contributed by atoms with Crippen LogP contribution < -0.4 is 4.74 Å². The summed E-state index contributed by atoms with van der Waals surface area (Å²) in [6, 6.07) is 23.2. The Hall–Kier alpha value is -3.53. The van der Waals surface area contributed by atoms with Crippen molar-refractivity contribution < 1.29 is 34.7 Å². The molecule has 0 unspecified atom stereocenters. The third-order valence-electron chi connectivity index (χ3n) is 10.5. The van der Waals surface area contributed by atoms with Gasteiger partial charge in [0.25, 0.3) is 0 Å². The van der Waals surface area contributed by atoms with E-state index in [-0.39, 0.29) is 48.4 Å². The van der Waals surface area contributed by atoms with Crippen molar-refractivity contribution in [2.24, 2.45) is 16.7 Å². The van der Waals surface area contributed by atoms with Gasteiger partial charge in [-0.1, -0.05) is 122 Å². The van der Waals surface area contributed by atoms with Crippen LogP contribution in [0.2, 0.25) is 0 Å². The Morgan fingerprint density at radius 3 is 2.18 bits per heavy atom. The number of aromatic nitrogens is 1. The van der Waals surface area contributed by atoms with Crippen LogP contribution in [0.1, 0.15) is 112 Å². The van der Waals surface area contributed by atoms with Crippen molar-refractivity contribution in [3.63, 3.8) is 0 Å². The van der Waals surface area contributed by atoms with E-state index < -0.39 is 0 Å². The molecular formula is C45H54IrNO3-. The molecule has 0 aliphatic carbocycles. The summed E-state index contributed by atoms with van der Waals surface area (Å²) in [5.41, 5.74) is 4.49. The van der Waals surface area contributed by atoms with E-state index in [4.69, 9.17) is 9.72 Å². The zero-order valence-corrected chi connectivity index (χ0v) is 34.0. The van der Waals surface area contributed by atoms with Gasteiger partial charge in [-0.15, -0.1) is 17.5 Å². The molecule has 267 valence electrons. The van der Waals surface area contributed by atoms with E-state index in [2.05, 4.69) is 95.3 Å². The smallest absolute Gasteiger partial charge is 0.162 e. The second kappa shape index (κ2) is 15.8. The molecule has 0 bridgehead atoms. The minimum atomic E-state index is -0.248. The number of benzene rings is 4. The Bertz CT molecular complexity index is 2030. The predicted molar refractivity (Wildman–Crippen MR) is 207 cm³/mol. The fourth-order valence-corrected chi connectivity index (χ4v) is 7.11. The number of ketones is 1. The SMILES string of the molecule is CC(C)c1c2c([c-]c3ccccc13)-c1nccc3c1c(cc1c(CC(C)(C)C)cccc13)O2.CCC(CC)C(=O)/C=C(\O)C(C)(CC)CC.[Ir]. The second-order valence-electron chi connectivity index (χ2n) is 15.5. The molecule has 4 nitrogen and oxygen atoms in total. The maximum Gasteiger partial charge on any atom is 0.162 e. The molecule has 1 N–H and O–H groups in total. The molecule has 0 fully saturated rings. The van der Waals surface area contributed by atoms with Crippen LogP contribution in [0.25, 0.3) is 43.6 Å². The molecule has 5 aromatic rings. The molecule has 6 rings (SSSR count). The van der Waals surface area contributed by atoms with Crippen LogP contribution in [0, 0.1) is 22.8 Å². The summed E-state index contributed by atoms with van der Waals surface area (Å²) in [6.07, 6.45) is 7.78. The Morgan fingerprint density at radius 2 is 1.56 bits per heavy atom. The van der Waals surface area contributed by atoms with E-state index in [1.807, 2.05) is 40.8 Å². The molecule has 0 amide bonds. The molecule has 1 aliphatic rings. The predicted octanol–water partition coefficient (Wildman–Crippen LogP) is 13.1. The number of pyridine rings is 1. The van der Waals surface area contributed by atoms with E-state index in [0.29, 0.717) is 5.92 Å². The maximum absolute atomic E-state index is 11.9. The standard InChI is InChI=1S/C31H28NO.C14H26O2.Ir/c1-18(2)27-21-11-7-6-9-19(21)15-25-29-28-23(13-14-32-29)22-12-8-10-20(17-31(3,4)5)24(22)16-26(28)33-30(25)27;1-6-11(7-2)12(15)10-13(16)14(5,8-3)9-4;/h6-14,16,18H,17H2,1-5H3;10-11,16H,6-9H2,1-5H3;/q-1;;/b;13-10-;. The third-order valence-corrected chi connectivity index (χ3v) is 10.5. The first-order valence-corrected chi connectivity index (χ1v) is 18.2. The molecule has 0 saturated carbocycles. The van der Waals surface area contributed by atoms with Gasteiger partial charge < -0.3 is 9.84 Å². The summed E-state index contributed by atoms with van der Waals surface area (Å²) in [4.78, 5) is 16.7. The number of hydrogen-bond donors (Lipinski definition) is 1. The molecule has 1 radical (unpaired) electrons. The molecular weight excluding hydrogens is 795 g/mol. The maximum atomic E-state index is 11.9. The number of aliphatic hydroxyl groups excluding tert-OH is 1. The largest absolute Gasteiger partial charge is 0.512 e. The van der Waals surface area contributed by atoms with E-state index in [1.54, 1.807) is 0 Å². The zero-order chi connectivity index (χ0) is 35.7. The number of carbonyl (C=O) groups is 1. The van der Waals surface area contributed by atoms with Crippen molar-refractivity contribution in [1.82, 2.24) is 4.98 Å². The van der Waals surface area contributed by atoms with Crippen molar-refractivity contribution in [3.05, 3.63) is 89.8 Å². The van der Waals surface area contributed by atoms with E-state index >= 15 is 0 Å². The fraction of sp³-hybridized carbons (Fsp3) is 0.422. The number of ether oxygens (including phenoxy) is 1. The average molecular weight is 849 g/mol. The van der Waals surface area contributed by atoms with Crippen molar-refractivity contribution >= 4 is 38.1 Å². The number of carbonyl (C=O) groups excluding carboxylic acids is 1. The van der Waals surface area contributed by atoms with Gasteiger partial charge in [0.2, 0.25) is 0 Å². The molecule has 1 aliphatic heterocycles. The normalized spacial score (nSPS) is 12.8. The van der Waals surface area contributed by atoms with Gasteiger partial charge in [0.05, 0.1) is 5.75 Å². The number of nitrogens with zero attached hydrogens (tertiary/aromatic N) is 1. The van der Waals surface area contributed by atoms with E-state index in [9.17, 15) is 9.90 Å². The van der Waals surface area contributed by atoms with Gasteiger partial charge in [0.1, 0.15) is 11.5 Å². The molecule has 0 atom stereocenters. The van der Waals surface area contributed by atoms with Crippen LogP contribution in [0.5, 0.6) is 11.5 Å². The van der Waals surface area contributed by atoms with Crippen LogP contribution in [0.4, 0.5) is 0 Å². The molecule has 0 spiro atoms. The Kier molecular flexibility index (Phi) is 12.4. The van der Waals surface area contributed by atoms with Crippen LogP contribution in [-0.4, -0.2) is 15.9 Å². The topological polar surface area (TPSA) is 59.4 Å². The summed E-state index contributed by atoms with van der Waals surface area (Å²) in [6.45, 7) is 21.4. The Balaban J connectivity index is 0.000000284. The average Bonchev–Trinajstić information content (AvgIpc) is 3.07. The Labute approximate surface area is 313 Å². The summed E-state index contributed by atoms with van der Waals surface area (Å²) in [5, 5.41) is 17.1. The van der Waals surface area contributed by atoms with Crippen molar-refractivity contribution in [2.75, 3.05) is 0 Å². The van der Waals surface area contributed by atoms with Crippen molar-refractivity contribution in [1.29, 1.82) is 0 Å². The minimum Gasteiger partial charge on any atom is -0.512 e. The van der Waals surface area contributed by atoms with Gasteiger partial charge in [-0.3, -0.25) is 9.78 Å². The number of aliphatic hydroxyl groups is 1. The first kappa shape index (κ1) is 39.3. The minimum absolute atomic E-state index is 0. The second-order valence-corrected chi connectivity index (χ2v) is 15.5.